The molecule has 1 fully saturated rings. The number of carbonyl (C=O) groups excluding carboxylic acids is 2. The van der Waals surface area contributed by atoms with Crippen LogP contribution >= 0.6 is 15.9 Å². The van der Waals surface area contributed by atoms with Crippen molar-refractivity contribution in [2.45, 2.75) is 12.6 Å². The van der Waals surface area contributed by atoms with E-state index in [1.165, 1.54) is 0 Å². The van der Waals surface area contributed by atoms with Crippen LogP contribution in [0, 0.1) is 11.7 Å². The van der Waals surface area contributed by atoms with Gasteiger partial charge in [0.2, 0.25) is 11.8 Å². The van der Waals surface area contributed by atoms with Crippen LogP contribution in [0.2, 0.25) is 0 Å². The van der Waals surface area contributed by atoms with Crippen molar-refractivity contribution in [1.82, 2.24) is 0 Å². The van der Waals surface area contributed by atoms with Gasteiger partial charge in [-0.25, -0.2) is 4.39 Å². The van der Waals surface area contributed by atoms with E-state index in [0.29, 0.717) is 12.1 Å². The average Bonchev–Trinajstić information content (AvgIpc) is 2.70. The van der Waals surface area contributed by atoms with E-state index >= 15 is 0 Å². The minimum atomic E-state index is -4.70. The van der Waals surface area contributed by atoms with Crippen LogP contribution in [0.3, 0.4) is 0 Å². The third-order valence-electron chi connectivity index (χ3n) is 3.16. The van der Waals surface area contributed by atoms with Gasteiger partial charge < -0.3 is 10.6 Å². The second kappa shape index (κ2) is 5.28. The number of amides is 2. The molecule has 2 N–H and O–H groups in total. The fourth-order valence-electron chi connectivity index (χ4n) is 2.09. The molecule has 1 atom stereocenters. The average molecular weight is 369 g/mol. The second-order valence-corrected chi connectivity index (χ2v) is 5.44. The number of halogens is 5. The summed E-state index contributed by atoms with van der Waals surface area (Å²) in [4.78, 5) is 23.6. The molecule has 0 radical (unpaired) electrons. The first-order valence-electron chi connectivity index (χ1n) is 5.77. The number of alkyl halides is 3. The maximum atomic E-state index is 13.9. The van der Waals surface area contributed by atoms with Crippen molar-refractivity contribution in [1.29, 1.82) is 0 Å². The van der Waals surface area contributed by atoms with Crippen molar-refractivity contribution >= 4 is 33.4 Å². The van der Waals surface area contributed by atoms with Gasteiger partial charge in [0.1, 0.15) is 5.82 Å². The summed E-state index contributed by atoms with van der Waals surface area (Å²) in [7, 11) is 0. The highest BCUT2D eigenvalue weighted by Gasteiger charge is 2.38. The number of carbonyl (C=O) groups is 2. The number of anilines is 1. The number of primary amides is 1. The molecule has 0 aliphatic carbocycles. The Morgan fingerprint density at radius 2 is 2.00 bits per heavy atom. The lowest BCUT2D eigenvalue weighted by molar-refractivity contribution is -0.138. The largest absolute Gasteiger partial charge is 0.417 e. The van der Waals surface area contributed by atoms with Crippen LogP contribution in [0.5, 0.6) is 0 Å². The van der Waals surface area contributed by atoms with Gasteiger partial charge in [-0.3, -0.25) is 9.59 Å². The van der Waals surface area contributed by atoms with Gasteiger partial charge in [-0.2, -0.15) is 13.2 Å². The van der Waals surface area contributed by atoms with Crippen LogP contribution in [0.15, 0.2) is 16.6 Å². The predicted molar refractivity (Wildman–Crippen MR) is 68.8 cm³/mol. The van der Waals surface area contributed by atoms with E-state index in [4.69, 9.17) is 5.73 Å². The van der Waals surface area contributed by atoms with Crippen LogP contribution in [0.25, 0.3) is 0 Å². The molecule has 1 aliphatic rings. The SMILES string of the molecule is NC(=O)C1CC(=O)N(c2cc(C(F)(F)F)c(Br)cc2F)C1. The van der Waals surface area contributed by atoms with E-state index in [9.17, 15) is 27.2 Å². The van der Waals surface area contributed by atoms with Crippen molar-refractivity contribution in [2.75, 3.05) is 11.4 Å². The molecule has 9 heteroatoms. The Bertz CT molecular complexity index is 618. The van der Waals surface area contributed by atoms with Gasteiger partial charge in [0.05, 0.1) is 17.2 Å². The molecule has 1 unspecified atom stereocenters. The van der Waals surface area contributed by atoms with E-state index in [1.807, 2.05) is 0 Å². The lowest BCUT2D eigenvalue weighted by Crippen LogP contribution is -2.29. The zero-order chi connectivity index (χ0) is 15.9. The van der Waals surface area contributed by atoms with E-state index in [1.54, 1.807) is 0 Å². The summed E-state index contributed by atoms with van der Waals surface area (Å²) in [5.74, 6) is -3.23. The first kappa shape index (κ1) is 15.7. The third-order valence-corrected chi connectivity index (χ3v) is 3.82. The minimum absolute atomic E-state index is 0.232. The zero-order valence-corrected chi connectivity index (χ0v) is 12.0. The molecule has 1 heterocycles. The van der Waals surface area contributed by atoms with Crippen molar-refractivity contribution in [3.05, 3.63) is 28.0 Å². The summed E-state index contributed by atoms with van der Waals surface area (Å²) in [5, 5.41) is 0. The number of benzene rings is 1. The quantitative estimate of drug-likeness (QED) is 0.815. The molecule has 0 aromatic heterocycles. The van der Waals surface area contributed by atoms with Crippen molar-refractivity contribution < 1.29 is 27.2 Å². The maximum absolute atomic E-state index is 13.9. The van der Waals surface area contributed by atoms with Gasteiger partial charge >= 0.3 is 6.18 Å². The summed E-state index contributed by atoms with van der Waals surface area (Å²) in [6.45, 7) is -0.232. The lowest BCUT2D eigenvalue weighted by atomic mass is 10.1. The summed E-state index contributed by atoms with van der Waals surface area (Å²) < 4.78 is 51.9. The molecule has 2 rings (SSSR count). The van der Waals surface area contributed by atoms with Gasteiger partial charge in [0.25, 0.3) is 0 Å². The van der Waals surface area contributed by atoms with Crippen molar-refractivity contribution in [2.24, 2.45) is 11.7 Å². The number of nitrogens with two attached hydrogens (primary N) is 1. The van der Waals surface area contributed by atoms with Gasteiger partial charge in [0, 0.05) is 17.4 Å². The van der Waals surface area contributed by atoms with Crippen LogP contribution in [0.1, 0.15) is 12.0 Å². The Labute approximate surface area is 125 Å². The Morgan fingerprint density at radius 1 is 1.38 bits per heavy atom. The molecule has 21 heavy (non-hydrogen) atoms. The Morgan fingerprint density at radius 3 is 2.48 bits per heavy atom. The van der Waals surface area contributed by atoms with E-state index in [2.05, 4.69) is 15.9 Å². The van der Waals surface area contributed by atoms with Crippen LogP contribution in [0.4, 0.5) is 23.2 Å². The molecule has 0 spiro atoms. The normalized spacial score (nSPS) is 19.2. The molecule has 1 aromatic rings. The lowest BCUT2D eigenvalue weighted by Gasteiger charge is -2.19. The van der Waals surface area contributed by atoms with Crippen LogP contribution in [-0.4, -0.2) is 18.4 Å². The zero-order valence-electron chi connectivity index (χ0n) is 10.4. The predicted octanol–water partition coefficient (Wildman–Crippen LogP) is 2.45. The van der Waals surface area contributed by atoms with E-state index in [-0.39, 0.29) is 13.0 Å². The highest BCUT2D eigenvalue weighted by atomic mass is 79.9. The van der Waals surface area contributed by atoms with Gasteiger partial charge in [-0.1, -0.05) is 15.9 Å². The third kappa shape index (κ3) is 3.02. The van der Waals surface area contributed by atoms with Gasteiger partial charge in [-0.05, 0) is 12.1 Å². The van der Waals surface area contributed by atoms with Gasteiger partial charge in [0.15, 0.2) is 0 Å². The second-order valence-electron chi connectivity index (χ2n) is 4.59. The van der Waals surface area contributed by atoms with Gasteiger partial charge in [-0.15, -0.1) is 0 Å². The highest BCUT2D eigenvalue weighted by Crippen LogP contribution is 2.39. The molecule has 1 aromatic carbocycles. The fourth-order valence-corrected chi connectivity index (χ4v) is 2.63. The molecule has 1 saturated heterocycles. The Balaban J connectivity index is 2.45. The molecule has 114 valence electrons. The van der Waals surface area contributed by atoms with E-state index in [0.717, 1.165) is 4.90 Å². The molecule has 1 aliphatic heterocycles. The Hall–Kier alpha value is -1.64. The summed E-state index contributed by atoms with van der Waals surface area (Å²) >= 11 is 2.64. The first-order valence-corrected chi connectivity index (χ1v) is 6.56. The molecular weight excluding hydrogens is 360 g/mol. The molecule has 4 nitrogen and oxygen atoms in total. The molecule has 0 bridgehead atoms. The van der Waals surface area contributed by atoms with E-state index < -0.39 is 45.4 Å². The Kier molecular flexibility index (Phi) is 3.96. The van der Waals surface area contributed by atoms with Crippen LogP contribution in [-0.2, 0) is 15.8 Å². The standard InChI is InChI=1S/C12H9BrF4N2O2/c13-7-3-8(14)9(2-6(7)12(15,16)17)19-4-5(11(18)21)1-10(19)20/h2-3,5H,1,4H2,(H2,18,21). The van der Waals surface area contributed by atoms with Crippen molar-refractivity contribution in [3.8, 4) is 0 Å². The first-order chi connectivity index (χ1) is 9.61. The number of nitrogens with zero attached hydrogens (tertiary/aromatic N) is 1. The number of rotatable bonds is 2. The topological polar surface area (TPSA) is 63.4 Å². The maximum Gasteiger partial charge on any atom is 0.417 e. The fraction of sp³-hybridized carbons (Fsp3) is 0.333. The summed E-state index contributed by atoms with van der Waals surface area (Å²) in [6.07, 6.45) is -4.95. The monoisotopic (exact) mass is 368 g/mol. The molecule has 2 amide bonds. The summed E-state index contributed by atoms with van der Waals surface area (Å²) in [6, 6.07) is 1.18. The minimum Gasteiger partial charge on any atom is -0.369 e. The number of hydrogen-bond donors (Lipinski definition) is 1. The molecule has 0 saturated carbocycles. The highest BCUT2D eigenvalue weighted by molar-refractivity contribution is 9.10. The summed E-state index contributed by atoms with van der Waals surface area (Å²) in [5.41, 5.74) is 3.45. The smallest absolute Gasteiger partial charge is 0.369 e. The van der Waals surface area contributed by atoms with Crippen LogP contribution < -0.4 is 10.6 Å². The van der Waals surface area contributed by atoms with Crippen molar-refractivity contribution in [3.63, 3.8) is 0 Å². The molecular formula is C12H9BrF4N2O2. The number of hydrogen-bond acceptors (Lipinski definition) is 2.